The molecular weight excluding hydrogens is 440 g/mol. The molecule has 2 aromatic carbocycles. The summed E-state index contributed by atoms with van der Waals surface area (Å²) < 4.78 is 12.1. The molecule has 4 heterocycles. The Bertz CT molecular complexity index is 1120. The molecule has 0 radical (unpaired) electrons. The van der Waals surface area contributed by atoms with E-state index in [1.807, 2.05) is 0 Å². The van der Waals surface area contributed by atoms with Gasteiger partial charge in [0.1, 0.15) is 30.4 Å². The highest BCUT2D eigenvalue weighted by Gasteiger charge is 2.41. The average Bonchev–Trinajstić information content (AvgIpc) is 3.28. The monoisotopic (exact) mass is 474 g/mol. The third-order valence-corrected chi connectivity index (χ3v) is 7.53. The molecule has 0 aliphatic carbocycles. The predicted octanol–water partition coefficient (Wildman–Crippen LogP) is 3.35. The maximum absolute atomic E-state index is 6.20. The van der Waals surface area contributed by atoms with Crippen molar-refractivity contribution >= 4 is 17.5 Å². The fourth-order valence-electron chi connectivity index (χ4n) is 5.53. The van der Waals surface area contributed by atoms with E-state index in [1.54, 1.807) is 0 Å². The average molecular weight is 475 g/mol. The van der Waals surface area contributed by atoms with Crippen molar-refractivity contribution in [3.8, 4) is 11.5 Å². The zero-order valence-electron chi connectivity index (χ0n) is 20.7. The Morgan fingerprint density at radius 3 is 2.63 bits per heavy atom. The molecule has 35 heavy (non-hydrogen) atoms. The van der Waals surface area contributed by atoms with Gasteiger partial charge in [0.15, 0.2) is 6.10 Å². The zero-order chi connectivity index (χ0) is 23.8. The normalized spacial score (nSPS) is 24.5. The quantitative estimate of drug-likeness (QED) is 0.663. The maximum Gasteiger partial charge on any atom is 0.151 e. The molecule has 0 bridgehead atoms. The molecule has 6 rings (SSSR count). The third-order valence-electron chi connectivity index (χ3n) is 7.53. The van der Waals surface area contributed by atoms with Crippen molar-refractivity contribution in [1.82, 2.24) is 9.80 Å². The summed E-state index contributed by atoms with van der Waals surface area (Å²) in [5, 5.41) is 4.53. The first-order chi connectivity index (χ1) is 17.1. The number of oxime groups is 1. The van der Waals surface area contributed by atoms with E-state index < -0.39 is 0 Å². The Morgan fingerprint density at radius 1 is 1.00 bits per heavy atom. The van der Waals surface area contributed by atoms with Crippen molar-refractivity contribution in [2.45, 2.75) is 13.0 Å². The van der Waals surface area contributed by atoms with Crippen LogP contribution < -0.4 is 14.4 Å². The first kappa shape index (κ1) is 22.4. The van der Waals surface area contributed by atoms with E-state index in [-0.39, 0.29) is 12.0 Å². The molecular formula is C28H34N4O3. The minimum absolute atomic E-state index is 0.0315. The summed E-state index contributed by atoms with van der Waals surface area (Å²) in [4.78, 5) is 13.2. The summed E-state index contributed by atoms with van der Waals surface area (Å²) in [7, 11) is 2.09. The number of rotatable bonds is 5. The van der Waals surface area contributed by atoms with Gasteiger partial charge in [-0.3, -0.25) is 9.80 Å². The van der Waals surface area contributed by atoms with Gasteiger partial charge in [-0.2, -0.15) is 0 Å². The number of nitrogens with zero attached hydrogens (tertiary/aromatic N) is 4. The van der Waals surface area contributed by atoms with E-state index in [4.69, 9.17) is 14.3 Å². The Hall–Kier alpha value is -3.03. The van der Waals surface area contributed by atoms with Crippen LogP contribution in [0, 0.1) is 5.92 Å². The maximum atomic E-state index is 6.20. The lowest BCUT2D eigenvalue weighted by molar-refractivity contribution is 0.0101. The van der Waals surface area contributed by atoms with Crippen molar-refractivity contribution in [1.29, 1.82) is 0 Å². The highest BCUT2D eigenvalue weighted by atomic mass is 16.6. The SMILES string of the molecule is C/C(=C\c1ccccc1)CN1CCN(CC2ON=C3c4cc5c(cc4OCC32)N(C)CCO5)CC1. The van der Waals surface area contributed by atoms with Gasteiger partial charge < -0.3 is 19.2 Å². The van der Waals surface area contributed by atoms with Gasteiger partial charge in [0, 0.05) is 57.9 Å². The molecule has 0 N–H and O–H groups in total. The standard InChI is InChI=1S/C28H34N4O3/c1-20(14-21-6-4-3-5-7-21)17-31-8-10-32(11-9-31)18-27-23-19-34-25-16-24-26(33-13-12-30(24)2)15-22(25)28(23)29-35-27/h3-7,14-16,23,27H,8-13,17-19H2,1-2H3/b20-14+. The van der Waals surface area contributed by atoms with Gasteiger partial charge in [-0.05, 0) is 18.6 Å². The van der Waals surface area contributed by atoms with Crippen LogP contribution in [-0.2, 0) is 4.84 Å². The number of fused-ring (bicyclic) bond motifs is 4. The Kier molecular flexibility index (Phi) is 6.12. The first-order valence-electron chi connectivity index (χ1n) is 12.7. The van der Waals surface area contributed by atoms with E-state index in [2.05, 4.69) is 82.4 Å². The van der Waals surface area contributed by atoms with E-state index in [9.17, 15) is 0 Å². The van der Waals surface area contributed by atoms with Crippen molar-refractivity contribution in [2.75, 3.05) is 71.0 Å². The number of benzene rings is 2. The van der Waals surface area contributed by atoms with E-state index in [0.717, 1.165) is 74.3 Å². The lowest BCUT2D eigenvalue weighted by Gasteiger charge is -2.36. The molecule has 184 valence electrons. The fourth-order valence-corrected chi connectivity index (χ4v) is 5.53. The Balaban J connectivity index is 1.04. The molecule has 0 saturated carbocycles. The smallest absolute Gasteiger partial charge is 0.151 e. The molecule has 7 nitrogen and oxygen atoms in total. The van der Waals surface area contributed by atoms with Gasteiger partial charge in [0.2, 0.25) is 0 Å². The summed E-state index contributed by atoms with van der Waals surface area (Å²) in [6.45, 7) is 10.6. The number of piperazine rings is 1. The highest BCUT2D eigenvalue weighted by molar-refractivity contribution is 6.07. The van der Waals surface area contributed by atoms with Gasteiger partial charge >= 0.3 is 0 Å². The molecule has 4 aliphatic rings. The second kappa shape index (κ2) is 9.55. The van der Waals surface area contributed by atoms with Crippen LogP contribution in [0.25, 0.3) is 6.08 Å². The molecule has 0 amide bonds. The first-order valence-corrected chi connectivity index (χ1v) is 12.7. The molecule has 2 aromatic rings. The molecule has 2 atom stereocenters. The van der Waals surface area contributed by atoms with Crippen molar-refractivity contribution in [3.63, 3.8) is 0 Å². The number of ether oxygens (including phenoxy) is 2. The van der Waals surface area contributed by atoms with Crippen molar-refractivity contribution in [3.05, 3.63) is 59.2 Å². The summed E-state index contributed by atoms with van der Waals surface area (Å²) in [6.07, 6.45) is 2.32. The second-order valence-electron chi connectivity index (χ2n) is 10.1. The van der Waals surface area contributed by atoms with Crippen LogP contribution in [0.2, 0.25) is 0 Å². The molecule has 0 spiro atoms. The third kappa shape index (κ3) is 4.62. The minimum atomic E-state index is 0.0315. The van der Waals surface area contributed by atoms with Crippen LogP contribution in [0.1, 0.15) is 18.1 Å². The Labute approximate surface area is 207 Å². The lowest BCUT2D eigenvalue weighted by Crippen LogP contribution is -2.50. The molecule has 4 aliphatic heterocycles. The van der Waals surface area contributed by atoms with Gasteiger partial charge in [-0.1, -0.05) is 47.1 Å². The fraction of sp³-hybridized carbons (Fsp3) is 0.464. The van der Waals surface area contributed by atoms with Gasteiger partial charge in [0.25, 0.3) is 0 Å². The van der Waals surface area contributed by atoms with Crippen molar-refractivity contribution < 1.29 is 14.3 Å². The van der Waals surface area contributed by atoms with Crippen LogP contribution in [0.5, 0.6) is 11.5 Å². The molecule has 1 fully saturated rings. The number of likely N-dealkylation sites (N-methyl/N-ethyl adjacent to an activating group) is 1. The van der Waals surface area contributed by atoms with Crippen molar-refractivity contribution in [2.24, 2.45) is 11.1 Å². The number of hydrogen-bond donors (Lipinski definition) is 0. The van der Waals surface area contributed by atoms with Crippen LogP contribution >= 0.6 is 0 Å². The van der Waals surface area contributed by atoms with Crippen LogP contribution in [0.4, 0.5) is 5.69 Å². The number of anilines is 1. The highest BCUT2D eigenvalue weighted by Crippen LogP contribution is 2.42. The van der Waals surface area contributed by atoms with Gasteiger partial charge in [0.05, 0.1) is 18.2 Å². The number of hydrogen-bond acceptors (Lipinski definition) is 7. The van der Waals surface area contributed by atoms with Gasteiger partial charge in [-0.25, -0.2) is 0 Å². The summed E-state index contributed by atoms with van der Waals surface area (Å²) >= 11 is 0. The minimum Gasteiger partial charge on any atom is -0.492 e. The molecule has 2 unspecified atom stereocenters. The van der Waals surface area contributed by atoms with E-state index in [1.165, 1.54) is 11.1 Å². The molecule has 7 heteroatoms. The van der Waals surface area contributed by atoms with Crippen LogP contribution in [0.3, 0.4) is 0 Å². The Morgan fingerprint density at radius 2 is 1.80 bits per heavy atom. The summed E-state index contributed by atoms with van der Waals surface area (Å²) in [5.74, 6) is 1.95. The van der Waals surface area contributed by atoms with Gasteiger partial charge in [-0.15, -0.1) is 0 Å². The summed E-state index contributed by atoms with van der Waals surface area (Å²) in [5.41, 5.74) is 5.78. The molecule has 1 saturated heterocycles. The van der Waals surface area contributed by atoms with Crippen LogP contribution in [0.15, 0.2) is 53.2 Å². The second-order valence-corrected chi connectivity index (χ2v) is 10.1. The van der Waals surface area contributed by atoms with Crippen LogP contribution in [-0.4, -0.2) is 87.7 Å². The topological polar surface area (TPSA) is 49.8 Å². The van der Waals surface area contributed by atoms with E-state index >= 15 is 0 Å². The lowest BCUT2D eigenvalue weighted by atomic mass is 9.89. The largest absolute Gasteiger partial charge is 0.492 e. The predicted molar refractivity (Wildman–Crippen MR) is 139 cm³/mol. The zero-order valence-corrected chi connectivity index (χ0v) is 20.7. The summed E-state index contributed by atoms with van der Waals surface area (Å²) in [6, 6.07) is 14.7. The van der Waals surface area contributed by atoms with E-state index in [0.29, 0.717) is 13.2 Å². The molecule has 0 aromatic heterocycles.